The summed E-state index contributed by atoms with van der Waals surface area (Å²) in [5, 5.41) is 5.03. The minimum Gasteiger partial charge on any atom is -0.330 e. The van der Waals surface area contributed by atoms with Crippen LogP contribution in [-0.2, 0) is 0 Å². The Morgan fingerprint density at radius 3 is 2.62 bits per heavy atom. The van der Waals surface area contributed by atoms with Gasteiger partial charge in [-0.1, -0.05) is 18.5 Å². The van der Waals surface area contributed by atoms with E-state index in [4.69, 9.17) is 17.3 Å². The van der Waals surface area contributed by atoms with Gasteiger partial charge in [0.05, 0.1) is 5.69 Å². The van der Waals surface area contributed by atoms with E-state index in [9.17, 15) is 0 Å². The van der Waals surface area contributed by atoms with Gasteiger partial charge in [0.15, 0.2) is 0 Å². The van der Waals surface area contributed by atoms with Gasteiger partial charge in [0.1, 0.15) is 0 Å². The number of aromatic nitrogens is 2. The van der Waals surface area contributed by atoms with E-state index in [1.165, 1.54) is 0 Å². The highest BCUT2D eigenvalue weighted by atomic mass is 35.5. The summed E-state index contributed by atoms with van der Waals surface area (Å²) in [4.78, 5) is 0. The Morgan fingerprint density at radius 2 is 2.00 bits per heavy atom. The predicted molar refractivity (Wildman–Crippen MR) is 66.0 cm³/mol. The fourth-order valence-electron chi connectivity index (χ4n) is 1.61. The molecular formula is C12H14ClN3. The van der Waals surface area contributed by atoms with Crippen LogP contribution in [0.3, 0.4) is 0 Å². The SMILES string of the molecule is CC(CN)c1ccnn1-c1ccc(Cl)cc1. The van der Waals surface area contributed by atoms with Gasteiger partial charge in [-0.25, -0.2) is 4.68 Å². The minimum atomic E-state index is 0.290. The van der Waals surface area contributed by atoms with Gasteiger partial charge in [0.25, 0.3) is 0 Å². The lowest BCUT2D eigenvalue weighted by molar-refractivity contribution is 0.691. The van der Waals surface area contributed by atoms with Gasteiger partial charge in [0.2, 0.25) is 0 Å². The minimum absolute atomic E-state index is 0.290. The summed E-state index contributed by atoms with van der Waals surface area (Å²) in [5.74, 6) is 0.290. The van der Waals surface area contributed by atoms with Crippen molar-refractivity contribution in [3.8, 4) is 5.69 Å². The molecule has 4 heteroatoms. The van der Waals surface area contributed by atoms with Gasteiger partial charge in [0, 0.05) is 29.4 Å². The fourth-order valence-corrected chi connectivity index (χ4v) is 1.73. The van der Waals surface area contributed by atoms with Crippen LogP contribution in [0.1, 0.15) is 18.5 Å². The van der Waals surface area contributed by atoms with Crippen LogP contribution in [0.15, 0.2) is 36.5 Å². The molecule has 1 unspecified atom stereocenters. The van der Waals surface area contributed by atoms with E-state index in [0.717, 1.165) is 16.4 Å². The van der Waals surface area contributed by atoms with E-state index in [1.807, 2.05) is 35.0 Å². The van der Waals surface area contributed by atoms with Crippen LogP contribution in [-0.4, -0.2) is 16.3 Å². The molecule has 1 aromatic heterocycles. The van der Waals surface area contributed by atoms with Crippen molar-refractivity contribution in [1.29, 1.82) is 0 Å². The molecule has 1 heterocycles. The second kappa shape index (κ2) is 4.68. The Balaban J connectivity index is 2.40. The molecule has 16 heavy (non-hydrogen) atoms. The molecule has 0 spiro atoms. The average Bonchev–Trinajstić information content (AvgIpc) is 2.78. The van der Waals surface area contributed by atoms with Crippen molar-refractivity contribution in [2.75, 3.05) is 6.54 Å². The highest BCUT2D eigenvalue weighted by Gasteiger charge is 2.10. The van der Waals surface area contributed by atoms with E-state index in [-0.39, 0.29) is 5.92 Å². The van der Waals surface area contributed by atoms with Crippen molar-refractivity contribution in [2.24, 2.45) is 5.73 Å². The molecule has 0 aliphatic heterocycles. The molecule has 1 atom stereocenters. The van der Waals surface area contributed by atoms with Crippen LogP contribution < -0.4 is 5.73 Å². The number of nitrogens with zero attached hydrogens (tertiary/aromatic N) is 2. The third kappa shape index (κ3) is 2.10. The van der Waals surface area contributed by atoms with Crippen molar-refractivity contribution in [3.63, 3.8) is 0 Å². The monoisotopic (exact) mass is 235 g/mol. The smallest absolute Gasteiger partial charge is 0.0649 e. The van der Waals surface area contributed by atoms with Gasteiger partial charge in [-0.2, -0.15) is 5.10 Å². The van der Waals surface area contributed by atoms with E-state index >= 15 is 0 Å². The zero-order valence-corrected chi connectivity index (χ0v) is 9.85. The molecule has 2 rings (SSSR count). The molecule has 1 aromatic carbocycles. The van der Waals surface area contributed by atoms with Crippen LogP contribution in [0, 0.1) is 0 Å². The van der Waals surface area contributed by atoms with Crippen LogP contribution in [0.2, 0.25) is 5.02 Å². The Labute approximate surface area is 99.8 Å². The number of benzene rings is 1. The number of hydrogen-bond acceptors (Lipinski definition) is 2. The van der Waals surface area contributed by atoms with Crippen molar-refractivity contribution >= 4 is 11.6 Å². The summed E-state index contributed by atoms with van der Waals surface area (Å²) >= 11 is 5.85. The summed E-state index contributed by atoms with van der Waals surface area (Å²) < 4.78 is 1.90. The Kier molecular flexibility index (Phi) is 3.27. The molecule has 2 aromatic rings. The highest BCUT2D eigenvalue weighted by Crippen LogP contribution is 2.19. The lowest BCUT2D eigenvalue weighted by Gasteiger charge is -2.12. The van der Waals surface area contributed by atoms with E-state index in [2.05, 4.69) is 12.0 Å². The Hall–Kier alpha value is -1.32. The van der Waals surface area contributed by atoms with Gasteiger partial charge >= 0.3 is 0 Å². The van der Waals surface area contributed by atoms with E-state index < -0.39 is 0 Å². The first kappa shape index (κ1) is 11.2. The summed E-state index contributed by atoms with van der Waals surface area (Å²) in [5.41, 5.74) is 7.79. The van der Waals surface area contributed by atoms with Crippen LogP contribution in [0.4, 0.5) is 0 Å². The van der Waals surface area contributed by atoms with Crippen molar-refractivity contribution < 1.29 is 0 Å². The molecule has 0 fully saturated rings. The first-order valence-corrected chi connectivity index (χ1v) is 5.60. The average molecular weight is 236 g/mol. The normalized spacial score (nSPS) is 12.7. The Morgan fingerprint density at radius 1 is 1.31 bits per heavy atom. The van der Waals surface area contributed by atoms with Crippen LogP contribution in [0.25, 0.3) is 5.69 Å². The second-order valence-corrected chi connectivity index (χ2v) is 4.22. The zero-order chi connectivity index (χ0) is 11.5. The van der Waals surface area contributed by atoms with Crippen molar-refractivity contribution in [1.82, 2.24) is 9.78 Å². The maximum absolute atomic E-state index is 5.85. The lowest BCUT2D eigenvalue weighted by atomic mass is 10.1. The van der Waals surface area contributed by atoms with E-state index in [1.54, 1.807) is 6.20 Å². The molecule has 2 N–H and O–H groups in total. The van der Waals surface area contributed by atoms with Crippen LogP contribution >= 0.6 is 11.6 Å². The maximum atomic E-state index is 5.85. The number of rotatable bonds is 3. The standard InChI is InChI=1S/C12H14ClN3/c1-9(8-14)12-6-7-15-16(12)11-4-2-10(13)3-5-11/h2-7,9H,8,14H2,1H3. The lowest BCUT2D eigenvalue weighted by Crippen LogP contribution is -2.13. The third-order valence-corrected chi connectivity index (χ3v) is 2.85. The maximum Gasteiger partial charge on any atom is 0.0649 e. The number of hydrogen-bond donors (Lipinski definition) is 1. The fraction of sp³-hybridized carbons (Fsp3) is 0.250. The summed E-state index contributed by atoms with van der Waals surface area (Å²) in [7, 11) is 0. The second-order valence-electron chi connectivity index (χ2n) is 3.78. The van der Waals surface area contributed by atoms with Gasteiger partial charge < -0.3 is 5.73 Å². The highest BCUT2D eigenvalue weighted by molar-refractivity contribution is 6.30. The van der Waals surface area contributed by atoms with Gasteiger partial charge in [-0.05, 0) is 30.3 Å². The molecule has 0 amide bonds. The molecule has 84 valence electrons. The molecule has 0 aliphatic carbocycles. The Bertz CT molecular complexity index is 461. The summed E-state index contributed by atoms with van der Waals surface area (Å²) in [6.07, 6.45) is 1.79. The zero-order valence-electron chi connectivity index (χ0n) is 9.10. The quantitative estimate of drug-likeness (QED) is 0.889. The first-order chi connectivity index (χ1) is 7.72. The van der Waals surface area contributed by atoms with E-state index in [0.29, 0.717) is 6.54 Å². The molecule has 3 nitrogen and oxygen atoms in total. The topological polar surface area (TPSA) is 43.8 Å². The third-order valence-electron chi connectivity index (χ3n) is 2.60. The van der Waals surface area contributed by atoms with Crippen molar-refractivity contribution in [2.45, 2.75) is 12.8 Å². The molecule has 0 saturated carbocycles. The van der Waals surface area contributed by atoms with Gasteiger partial charge in [-0.15, -0.1) is 0 Å². The molecule has 0 aliphatic rings. The number of nitrogens with two attached hydrogens (primary N) is 1. The van der Waals surface area contributed by atoms with Gasteiger partial charge in [-0.3, -0.25) is 0 Å². The predicted octanol–water partition coefficient (Wildman–Crippen LogP) is 2.59. The van der Waals surface area contributed by atoms with Crippen molar-refractivity contribution in [3.05, 3.63) is 47.2 Å². The number of halogens is 1. The summed E-state index contributed by atoms with van der Waals surface area (Å²) in [6.45, 7) is 2.70. The largest absolute Gasteiger partial charge is 0.330 e. The molecular weight excluding hydrogens is 222 g/mol. The van der Waals surface area contributed by atoms with Crippen LogP contribution in [0.5, 0.6) is 0 Å². The first-order valence-electron chi connectivity index (χ1n) is 5.22. The summed E-state index contributed by atoms with van der Waals surface area (Å²) in [6, 6.07) is 9.60. The molecule has 0 saturated heterocycles. The molecule has 0 radical (unpaired) electrons. The molecule has 0 bridgehead atoms.